The third-order valence-electron chi connectivity index (χ3n) is 2.99. The van der Waals surface area contributed by atoms with Crippen LogP contribution in [0.5, 0.6) is 0 Å². The van der Waals surface area contributed by atoms with Gasteiger partial charge in [-0.2, -0.15) is 0 Å². The highest BCUT2D eigenvalue weighted by molar-refractivity contribution is 5.85. The topological polar surface area (TPSA) is 0 Å². The van der Waals surface area contributed by atoms with Crippen LogP contribution >= 0.6 is 24.8 Å². The molecule has 0 N–H and O–H groups in total. The van der Waals surface area contributed by atoms with Crippen molar-refractivity contribution in [2.24, 2.45) is 0 Å². The van der Waals surface area contributed by atoms with Gasteiger partial charge in [-0.25, -0.2) is 0 Å². The molecule has 2 aromatic carbocycles. The molecule has 17 heavy (non-hydrogen) atoms. The van der Waals surface area contributed by atoms with Gasteiger partial charge in [-0.3, -0.25) is 0 Å². The molecule has 0 saturated heterocycles. The largest absolute Gasteiger partial charge is 0.147 e. The summed E-state index contributed by atoms with van der Waals surface area (Å²) in [5, 5.41) is 0. The number of hydrogen-bond acceptors (Lipinski definition) is 0. The molecule has 0 saturated carbocycles. The maximum atomic E-state index is 2.26. The van der Waals surface area contributed by atoms with Gasteiger partial charge < -0.3 is 0 Å². The van der Waals surface area contributed by atoms with E-state index in [1.165, 1.54) is 11.1 Å². The molecule has 0 heterocycles. The fraction of sp³-hybridized carbons (Fsp3) is 0.200. The van der Waals surface area contributed by atoms with Crippen molar-refractivity contribution in [1.29, 1.82) is 0 Å². The standard InChI is InChI=1S/C15H16.2ClH/c1-15(2,13-9-5-3-6-10-13)14-11-7-4-8-12-14;;/h3-12H,1-2H3;2*1H. The summed E-state index contributed by atoms with van der Waals surface area (Å²) in [6.45, 7) is 4.52. The molecular formula is C15H18Cl2. The zero-order chi connectivity index (χ0) is 10.7. The molecule has 2 aromatic rings. The van der Waals surface area contributed by atoms with E-state index in [1.54, 1.807) is 0 Å². The van der Waals surface area contributed by atoms with Gasteiger partial charge in [0, 0.05) is 5.41 Å². The predicted octanol–water partition coefficient (Wildman–Crippen LogP) is 4.86. The van der Waals surface area contributed by atoms with E-state index in [4.69, 9.17) is 0 Å². The maximum Gasteiger partial charge on any atom is 0.0146 e. The Morgan fingerprint density at radius 1 is 0.588 bits per heavy atom. The lowest BCUT2D eigenvalue weighted by Crippen LogP contribution is -2.18. The summed E-state index contributed by atoms with van der Waals surface area (Å²) in [7, 11) is 0. The summed E-state index contributed by atoms with van der Waals surface area (Å²) < 4.78 is 0. The first kappa shape index (κ1) is 16.0. The van der Waals surface area contributed by atoms with Crippen LogP contribution in [-0.2, 0) is 5.41 Å². The first-order chi connectivity index (χ1) is 7.21. The molecule has 0 nitrogen and oxygen atoms in total. The highest BCUT2D eigenvalue weighted by Crippen LogP contribution is 2.30. The SMILES string of the molecule is CC(C)(c1ccccc1)c1ccccc1.Cl.Cl. The Bertz CT molecular complexity index is 380. The minimum absolute atomic E-state index is 0. The highest BCUT2D eigenvalue weighted by atomic mass is 35.5. The lowest BCUT2D eigenvalue weighted by Gasteiger charge is -2.25. The van der Waals surface area contributed by atoms with E-state index >= 15 is 0 Å². The highest BCUT2D eigenvalue weighted by Gasteiger charge is 2.21. The summed E-state index contributed by atoms with van der Waals surface area (Å²) in [6.07, 6.45) is 0. The van der Waals surface area contributed by atoms with Gasteiger partial charge in [0.15, 0.2) is 0 Å². The summed E-state index contributed by atoms with van der Waals surface area (Å²) in [4.78, 5) is 0. The molecule has 2 rings (SSSR count). The molecular weight excluding hydrogens is 251 g/mol. The van der Waals surface area contributed by atoms with Crippen molar-refractivity contribution in [2.75, 3.05) is 0 Å². The Morgan fingerprint density at radius 3 is 1.18 bits per heavy atom. The van der Waals surface area contributed by atoms with Crippen LogP contribution in [0.4, 0.5) is 0 Å². The molecule has 0 fully saturated rings. The second-order valence-electron chi connectivity index (χ2n) is 4.36. The van der Waals surface area contributed by atoms with Crippen LogP contribution < -0.4 is 0 Å². The molecule has 0 aromatic heterocycles. The lowest BCUT2D eigenvalue weighted by atomic mass is 9.78. The van der Waals surface area contributed by atoms with Crippen molar-refractivity contribution in [2.45, 2.75) is 19.3 Å². The minimum atomic E-state index is 0. The van der Waals surface area contributed by atoms with Crippen molar-refractivity contribution in [3.63, 3.8) is 0 Å². The predicted molar refractivity (Wildman–Crippen MR) is 79.5 cm³/mol. The van der Waals surface area contributed by atoms with Crippen molar-refractivity contribution in [3.05, 3.63) is 71.8 Å². The monoisotopic (exact) mass is 268 g/mol. The Balaban J connectivity index is 0.00000128. The maximum absolute atomic E-state index is 2.26. The van der Waals surface area contributed by atoms with Gasteiger partial charge in [0.1, 0.15) is 0 Å². The van der Waals surface area contributed by atoms with Crippen molar-refractivity contribution in [1.82, 2.24) is 0 Å². The second-order valence-corrected chi connectivity index (χ2v) is 4.36. The van der Waals surface area contributed by atoms with Crippen molar-refractivity contribution < 1.29 is 0 Å². The van der Waals surface area contributed by atoms with E-state index in [2.05, 4.69) is 74.5 Å². The normalized spacial score (nSPS) is 10.0. The van der Waals surface area contributed by atoms with E-state index < -0.39 is 0 Å². The summed E-state index contributed by atoms with van der Waals surface area (Å²) in [5.41, 5.74) is 2.80. The van der Waals surface area contributed by atoms with Gasteiger partial charge in [-0.15, -0.1) is 24.8 Å². The van der Waals surface area contributed by atoms with Crippen LogP contribution in [0.1, 0.15) is 25.0 Å². The molecule has 0 aliphatic carbocycles. The second kappa shape index (κ2) is 6.68. The molecule has 0 bridgehead atoms. The van der Waals surface area contributed by atoms with E-state index in [1.807, 2.05) is 0 Å². The quantitative estimate of drug-likeness (QED) is 0.730. The molecule has 0 unspecified atom stereocenters. The van der Waals surface area contributed by atoms with Gasteiger partial charge in [-0.1, -0.05) is 74.5 Å². The van der Waals surface area contributed by atoms with Crippen LogP contribution in [0.15, 0.2) is 60.7 Å². The van der Waals surface area contributed by atoms with Gasteiger partial charge in [-0.05, 0) is 11.1 Å². The van der Waals surface area contributed by atoms with Gasteiger partial charge in [0.25, 0.3) is 0 Å². The van der Waals surface area contributed by atoms with E-state index in [0.29, 0.717) is 0 Å². The van der Waals surface area contributed by atoms with Crippen LogP contribution in [0, 0.1) is 0 Å². The zero-order valence-corrected chi connectivity index (χ0v) is 11.7. The summed E-state index contributed by atoms with van der Waals surface area (Å²) in [5.74, 6) is 0. The lowest BCUT2D eigenvalue weighted by molar-refractivity contribution is 0.641. The number of hydrogen-bond donors (Lipinski definition) is 0. The molecule has 0 amide bonds. The first-order valence-electron chi connectivity index (χ1n) is 5.32. The Kier molecular flexibility index (Phi) is 6.30. The Morgan fingerprint density at radius 2 is 0.882 bits per heavy atom. The fourth-order valence-electron chi connectivity index (χ4n) is 1.88. The number of halogens is 2. The van der Waals surface area contributed by atoms with Gasteiger partial charge in [0.2, 0.25) is 0 Å². The Hall–Kier alpha value is -0.980. The molecule has 0 aliphatic rings. The molecule has 0 radical (unpaired) electrons. The van der Waals surface area contributed by atoms with Crippen LogP contribution in [0.3, 0.4) is 0 Å². The smallest absolute Gasteiger partial charge is 0.0146 e. The van der Waals surface area contributed by atoms with Crippen LogP contribution in [-0.4, -0.2) is 0 Å². The Labute approximate surface area is 116 Å². The first-order valence-corrected chi connectivity index (χ1v) is 5.32. The van der Waals surface area contributed by atoms with E-state index in [9.17, 15) is 0 Å². The molecule has 2 heteroatoms. The van der Waals surface area contributed by atoms with E-state index in [0.717, 1.165) is 0 Å². The number of benzene rings is 2. The van der Waals surface area contributed by atoms with Gasteiger partial charge >= 0.3 is 0 Å². The van der Waals surface area contributed by atoms with Crippen molar-refractivity contribution >= 4 is 24.8 Å². The van der Waals surface area contributed by atoms with Crippen LogP contribution in [0.25, 0.3) is 0 Å². The minimum Gasteiger partial charge on any atom is -0.147 e. The molecule has 0 spiro atoms. The van der Waals surface area contributed by atoms with Crippen molar-refractivity contribution in [3.8, 4) is 0 Å². The zero-order valence-electron chi connectivity index (χ0n) is 10.1. The summed E-state index contributed by atoms with van der Waals surface area (Å²) >= 11 is 0. The van der Waals surface area contributed by atoms with Gasteiger partial charge in [0.05, 0.1) is 0 Å². The third kappa shape index (κ3) is 3.49. The number of rotatable bonds is 2. The summed E-state index contributed by atoms with van der Waals surface area (Å²) in [6, 6.07) is 21.3. The molecule has 0 aliphatic heterocycles. The average Bonchev–Trinajstić information content (AvgIpc) is 2.31. The van der Waals surface area contributed by atoms with E-state index in [-0.39, 0.29) is 30.2 Å². The fourth-order valence-corrected chi connectivity index (χ4v) is 1.88. The molecule has 0 atom stereocenters. The third-order valence-corrected chi connectivity index (χ3v) is 2.99. The average molecular weight is 269 g/mol. The van der Waals surface area contributed by atoms with Crippen LogP contribution in [0.2, 0.25) is 0 Å². The molecule has 92 valence electrons.